The van der Waals surface area contributed by atoms with Crippen LogP contribution in [0.15, 0.2) is 35.1 Å². The van der Waals surface area contributed by atoms with Crippen LogP contribution >= 0.6 is 0 Å². The normalized spacial score (nSPS) is 10.6. The van der Waals surface area contributed by atoms with E-state index in [4.69, 9.17) is 4.52 Å². The number of rotatable bonds is 4. The SMILES string of the molecule is Cc1ccc(F)c(CNCc2ccon2)c1. The molecule has 4 heteroatoms. The quantitative estimate of drug-likeness (QED) is 0.859. The topological polar surface area (TPSA) is 38.1 Å². The van der Waals surface area contributed by atoms with Crippen LogP contribution in [-0.4, -0.2) is 5.16 Å². The molecule has 0 spiro atoms. The molecule has 0 amide bonds. The number of halogens is 1. The van der Waals surface area contributed by atoms with Crippen molar-refractivity contribution in [1.29, 1.82) is 0 Å². The zero-order valence-electron chi connectivity index (χ0n) is 9.03. The Kier molecular flexibility index (Phi) is 3.31. The minimum absolute atomic E-state index is 0.182. The smallest absolute Gasteiger partial charge is 0.127 e. The highest BCUT2D eigenvalue weighted by Gasteiger charge is 2.02. The van der Waals surface area contributed by atoms with Crippen LogP contribution in [0.5, 0.6) is 0 Å². The lowest BCUT2D eigenvalue weighted by Crippen LogP contribution is -2.14. The van der Waals surface area contributed by atoms with Crippen molar-refractivity contribution in [2.75, 3.05) is 0 Å². The molecule has 1 heterocycles. The molecule has 0 saturated carbocycles. The van der Waals surface area contributed by atoms with Crippen LogP contribution in [0.25, 0.3) is 0 Å². The number of hydrogen-bond donors (Lipinski definition) is 1. The van der Waals surface area contributed by atoms with Crippen LogP contribution in [0, 0.1) is 12.7 Å². The van der Waals surface area contributed by atoms with Crippen LogP contribution in [-0.2, 0) is 13.1 Å². The van der Waals surface area contributed by atoms with Crippen LogP contribution in [0.4, 0.5) is 4.39 Å². The molecule has 0 unspecified atom stereocenters. The molecule has 0 aliphatic rings. The number of aromatic nitrogens is 1. The second-order valence-corrected chi connectivity index (χ2v) is 3.69. The van der Waals surface area contributed by atoms with E-state index in [0.29, 0.717) is 18.7 Å². The summed E-state index contributed by atoms with van der Waals surface area (Å²) in [5.41, 5.74) is 2.54. The zero-order valence-corrected chi connectivity index (χ0v) is 9.03. The maximum absolute atomic E-state index is 13.4. The summed E-state index contributed by atoms with van der Waals surface area (Å²) in [6.45, 7) is 3.00. The van der Waals surface area contributed by atoms with Crippen molar-refractivity contribution < 1.29 is 8.91 Å². The Labute approximate surface area is 93.3 Å². The molecular formula is C12H13FN2O. The van der Waals surface area contributed by atoms with E-state index in [9.17, 15) is 4.39 Å². The van der Waals surface area contributed by atoms with Crippen LogP contribution in [0.2, 0.25) is 0 Å². The van der Waals surface area contributed by atoms with E-state index >= 15 is 0 Å². The van der Waals surface area contributed by atoms with E-state index < -0.39 is 0 Å². The lowest BCUT2D eigenvalue weighted by molar-refractivity contribution is 0.408. The fourth-order valence-electron chi connectivity index (χ4n) is 1.49. The summed E-state index contributed by atoms with van der Waals surface area (Å²) >= 11 is 0. The molecule has 3 nitrogen and oxygen atoms in total. The van der Waals surface area contributed by atoms with Crippen LogP contribution in [0.3, 0.4) is 0 Å². The summed E-state index contributed by atoms with van der Waals surface area (Å²) in [5.74, 6) is -0.182. The molecule has 2 rings (SSSR count). The van der Waals surface area contributed by atoms with E-state index in [1.165, 1.54) is 12.3 Å². The third-order valence-corrected chi connectivity index (χ3v) is 2.31. The predicted octanol–water partition coefficient (Wildman–Crippen LogP) is 2.41. The standard InChI is InChI=1S/C12H13FN2O/c1-9-2-3-12(13)10(6-9)7-14-8-11-4-5-16-15-11/h2-6,14H,7-8H2,1H3. The Morgan fingerprint density at radius 3 is 2.94 bits per heavy atom. The molecule has 0 fully saturated rings. The summed E-state index contributed by atoms with van der Waals surface area (Å²) in [7, 11) is 0. The second-order valence-electron chi connectivity index (χ2n) is 3.69. The van der Waals surface area contributed by atoms with Crippen LogP contribution in [0.1, 0.15) is 16.8 Å². The molecule has 1 aromatic heterocycles. The summed E-state index contributed by atoms with van der Waals surface area (Å²) in [6, 6.07) is 6.86. The van der Waals surface area contributed by atoms with Gasteiger partial charge in [-0.05, 0) is 13.0 Å². The third-order valence-electron chi connectivity index (χ3n) is 2.31. The van der Waals surface area contributed by atoms with Gasteiger partial charge in [0.25, 0.3) is 0 Å². The summed E-state index contributed by atoms with van der Waals surface area (Å²) in [5, 5.41) is 6.87. The van der Waals surface area contributed by atoms with E-state index in [2.05, 4.69) is 10.5 Å². The zero-order chi connectivity index (χ0) is 11.4. The maximum Gasteiger partial charge on any atom is 0.127 e. The molecule has 0 atom stereocenters. The molecule has 0 radical (unpaired) electrons. The van der Waals surface area contributed by atoms with E-state index in [1.807, 2.05) is 13.0 Å². The molecule has 0 aliphatic carbocycles. The first-order valence-corrected chi connectivity index (χ1v) is 5.11. The van der Waals surface area contributed by atoms with E-state index in [0.717, 1.165) is 11.3 Å². The van der Waals surface area contributed by atoms with Gasteiger partial charge in [0.05, 0.1) is 5.69 Å². The Morgan fingerprint density at radius 1 is 1.31 bits per heavy atom. The number of nitrogens with zero attached hydrogens (tertiary/aromatic N) is 1. The third kappa shape index (κ3) is 2.67. The average Bonchev–Trinajstić information content (AvgIpc) is 2.76. The van der Waals surface area contributed by atoms with Crippen molar-refractivity contribution in [3.63, 3.8) is 0 Å². The highest BCUT2D eigenvalue weighted by molar-refractivity contribution is 5.23. The lowest BCUT2D eigenvalue weighted by atomic mass is 10.1. The Hall–Kier alpha value is -1.68. The Balaban J connectivity index is 1.92. The molecule has 16 heavy (non-hydrogen) atoms. The minimum atomic E-state index is -0.182. The fourth-order valence-corrected chi connectivity index (χ4v) is 1.49. The summed E-state index contributed by atoms with van der Waals surface area (Å²) in [6.07, 6.45) is 1.52. The van der Waals surface area contributed by atoms with E-state index in [1.54, 1.807) is 12.1 Å². The number of hydrogen-bond acceptors (Lipinski definition) is 3. The van der Waals surface area contributed by atoms with E-state index in [-0.39, 0.29) is 5.82 Å². The van der Waals surface area contributed by atoms with Crippen molar-refractivity contribution in [3.05, 3.63) is 53.2 Å². The molecule has 0 bridgehead atoms. The van der Waals surface area contributed by atoms with Gasteiger partial charge in [-0.2, -0.15) is 0 Å². The van der Waals surface area contributed by atoms with Crippen molar-refractivity contribution >= 4 is 0 Å². The minimum Gasteiger partial charge on any atom is -0.364 e. The van der Waals surface area contributed by atoms with Crippen molar-refractivity contribution in [3.8, 4) is 0 Å². The van der Waals surface area contributed by atoms with Gasteiger partial charge in [-0.1, -0.05) is 22.9 Å². The number of aryl methyl sites for hydroxylation is 1. The first kappa shape index (κ1) is 10.8. The van der Waals surface area contributed by atoms with Gasteiger partial charge in [-0.3, -0.25) is 0 Å². The predicted molar refractivity (Wildman–Crippen MR) is 58.2 cm³/mol. The number of benzene rings is 1. The fraction of sp³-hybridized carbons (Fsp3) is 0.250. The molecular weight excluding hydrogens is 207 g/mol. The largest absolute Gasteiger partial charge is 0.364 e. The Morgan fingerprint density at radius 2 is 2.19 bits per heavy atom. The molecule has 2 aromatic rings. The number of nitrogens with one attached hydrogen (secondary N) is 1. The maximum atomic E-state index is 13.4. The van der Waals surface area contributed by atoms with Gasteiger partial charge in [0.15, 0.2) is 0 Å². The molecule has 1 N–H and O–H groups in total. The highest BCUT2D eigenvalue weighted by atomic mass is 19.1. The van der Waals surface area contributed by atoms with Crippen LogP contribution < -0.4 is 5.32 Å². The average molecular weight is 220 g/mol. The van der Waals surface area contributed by atoms with Gasteiger partial charge in [0, 0.05) is 24.7 Å². The lowest BCUT2D eigenvalue weighted by Gasteiger charge is -2.05. The van der Waals surface area contributed by atoms with Gasteiger partial charge in [-0.25, -0.2) is 4.39 Å². The monoisotopic (exact) mass is 220 g/mol. The van der Waals surface area contributed by atoms with Gasteiger partial charge < -0.3 is 9.84 Å². The second kappa shape index (κ2) is 4.90. The van der Waals surface area contributed by atoms with Gasteiger partial charge in [0.2, 0.25) is 0 Å². The van der Waals surface area contributed by atoms with Crippen molar-refractivity contribution in [2.45, 2.75) is 20.0 Å². The first-order valence-electron chi connectivity index (χ1n) is 5.11. The van der Waals surface area contributed by atoms with Gasteiger partial charge in [-0.15, -0.1) is 0 Å². The van der Waals surface area contributed by atoms with Crippen molar-refractivity contribution in [1.82, 2.24) is 10.5 Å². The molecule has 84 valence electrons. The van der Waals surface area contributed by atoms with Gasteiger partial charge >= 0.3 is 0 Å². The van der Waals surface area contributed by atoms with Gasteiger partial charge in [0.1, 0.15) is 12.1 Å². The molecule has 0 aliphatic heterocycles. The Bertz CT molecular complexity index is 454. The highest BCUT2D eigenvalue weighted by Crippen LogP contribution is 2.09. The summed E-state index contributed by atoms with van der Waals surface area (Å²) in [4.78, 5) is 0. The molecule has 0 saturated heterocycles. The molecule has 1 aromatic carbocycles. The first-order chi connectivity index (χ1) is 7.75. The summed E-state index contributed by atoms with van der Waals surface area (Å²) < 4.78 is 18.1. The van der Waals surface area contributed by atoms with Crippen molar-refractivity contribution in [2.24, 2.45) is 0 Å².